The van der Waals surface area contributed by atoms with Crippen LogP contribution >= 0.6 is 0 Å². The quantitative estimate of drug-likeness (QED) is 0.356. The van der Waals surface area contributed by atoms with E-state index in [-0.39, 0.29) is 23.7 Å². The van der Waals surface area contributed by atoms with Gasteiger partial charge in [-0.2, -0.15) is 0 Å². The van der Waals surface area contributed by atoms with Crippen molar-refractivity contribution < 1.29 is 29.0 Å². The van der Waals surface area contributed by atoms with Crippen LogP contribution in [0.25, 0.3) is 10.8 Å². The lowest BCUT2D eigenvalue weighted by molar-refractivity contribution is -0.135. The van der Waals surface area contributed by atoms with Crippen molar-refractivity contribution in [2.75, 3.05) is 20.6 Å². The van der Waals surface area contributed by atoms with E-state index in [0.717, 1.165) is 5.56 Å². The van der Waals surface area contributed by atoms with E-state index in [1.54, 1.807) is 44.4 Å². The molecule has 0 bridgehead atoms. The molecule has 4 rings (SSSR count). The maximum Gasteiger partial charge on any atom is 0.322 e. The number of rotatable bonds is 9. The first-order valence-corrected chi connectivity index (χ1v) is 11.4. The minimum absolute atomic E-state index is 0.00560. The molecular weight excluding hydrogens is 474 g/mol. The van der Waals surface area contributed by atoms with E-state index in [1.807, 2.05) is 48.5 Å². The van der Waals surface area contributed by atoms with Crippen molar-refractivity contribution in [1.82, 2.24) is 15.2 Å². The molecule has 0 radical (unpaired) electrons. The number of carboxylic acid groups (broad SMARTS) is 1. The molecule has 188 valence electrons. The normalized spacial score (nSPS) is 10.5. The van der Waals surface area contributed by atoms with Crippen molar-refractivity contribution in [3.63, 3.8) is 0 Å². The van der Waals surface area contributed by atoms with Crippen LogP contribution in [0.3, 0.4) is 0 Å². The molecule has 3 aromatic carbocycles. The molecule has 9 nitrogen and oxygen atoms in total. The number of nitrogens with one attached hydrogen (secondary N) is 1. The van der Waals surface area contributed by atoms with E-state index in [1.165, 1.54) is 4.90 Å². The lowest BCUT2D eigenvalue weighted by atomic mass is 10.0. The zero-order valence-corrected chi connectivity index (χ0v) is 20.3. The summed E-state index contributed by atoms with van der Waals surface area (Å²) < 4.78 is 12.0. The summed E-state index contributed by atoms with van der Waals surface area (Å²) in [5.41, 5.74) is 0.669. The highest BCUT2D eigenvalue weighted by Crippen LogP contribution is 2.35. The van der Waals surface area contributed by atoms with Gasteiger partial charge in [0.15, 0.2) is 11.4 Å². The number of amides is 2. The van der Waals surface area contributed by atoms with Crippen molar-refractivity contribution in [1.29, 1.82) is 0 Å². The molecule has 0 spiro atoms. The number of hydrogen-bond acceptors (Lipinski definition) is 6. The van der Waals surface area contributed by atoms with Crippen LogP contribution in [0.4, 0.5) is 0 Å². The van der Waals surface area contributed by atoms with Gasteiger partial charge < -0.3 is 24.8 Å². The fraction of sp³-hybridized carbons (Fsp3) is 0.143. The zero-order valence-electron chi connectivity index (χ0n) is 20.3. The van der Waals surface area contributed by atoms with Crippen LogP contribution in [0.1, 0.15) is 26.5 Å². The van der Waals surface area contributed by atoms with Gasteiger partial charge in [0.2, 0.25) is 0 Å². The number of pyridine rings is 1. The molecule has 2 amide bonds. The Kier molecular flexibility index (Phi) is 7.63. The fourth-order valence-corrected chi connectivity index (χ4v) is 3.60. The number of hydrogen-bond donors (Lipinski definition) is 2. The Morgan fingerprint density at radius 1 is 0.865 bits per heavy atom. The van der Waals surface area contributed by atoms with Crippen molar-refractivity contribution in [2.45, 2.75) is 6.61 Å². The number of aliphatic carboxylic acids is 1. The standard InChI is InChI=1S/C28H25N3O6/c1-31(2)28(35)24-22-15-20(37-19-11-7-4-8-12-19)13-14-21(22)26(36-17-18-9-5-3-6-10-18)25(30-24)27(34)29-16-23(32)33/h3-15H,16-17H2,1-2H3,(H,29,34)(H,32,33). The first kappa shape index (κ1) is 25.2. The molecule has 4 aromatic rings. The van der Waals surface area contributed by atoms with Gasteiger partial charge in [0.1, 0.15) is 30.3 Å². The summed E-state index contributed by atoms with van der Waals surface area (Å²) in [4.78, 5) is 42.9. The van der Waals surface area contributed by atoms with Crippen LogP contribution in [-0.2, 0) is 11.4 Å². The van der Waals surface area contributed by atoms with E-state index in [2.05, 4.69) is 10.3 Å². The van der Waals surface area contributed by atoms with E-state index >= 15 is 0 Å². The molecule has 0 aliphatic heterocycles. The van der Waals surface area contributed by atoms with Gasteiger partial charge in [-0.25, -0.2) is 4.98 Å². The number of carboxylic acids is 1. The number of benzene rings is 3. The van der Waals surface area contributed by atoms with Crippen LogP contribution in [0.2, 0.25) is 0 Å². The Hall–Kier alpha value is -4.92. The fourth-order valence-electron chi connectivity index (χ4n) is 3.60. The molecule has 0 fully saturated rings. The van der Waals surface area contributed by atoms with Crippen molar-refractivity contribution >= 4 is 28.6 Å². The van der Waals surface area contributed by atoms with Crippen molar-refractivity contribution in [3.8, 4) is 17.2 Å². The smallest absolute Gasteiger partial charge is 0.322 e. The highest BCUT2D eigenvalue weighted by Gasteiger charge is 2.25. The van der Waals surface area contributed by atoms with Gasteiger partial charge in [0.05, 0.1) is 0 Å². The van der Waals surface area contributed by atoms with Gasteiger partial charge in [0.25, 0.3) is 11.8 Å². The minimum atomic E-state index is -1.21. The average molecular weight is 500 g/mol. The van der Waals surface area contributed by atoms with Crippen LogP contribution in [0, 0.1) is 0 Å². The van der Waals surface area contributed by atoms with Crippen LogP contribution < -0.4 is 14.8 Å². The minimum Gasteiger partial charge on any atom is -0.486 e. The third-order valence-electron chi connectivity index (χ3n) is 5.36. The molecule has 9 heteroatoms. The predicted octanol–water partition coefficient (Wildman–Crippen LogP) is 4.12. The second-order valence-electron chi connectivity index (χ2n) is 8.31. The molecular formula is C28H25N3O6. The molecule has 1 aromatic heterocycles. The molecule has 0 atom stereocenters. The molecule has 0 unspecified atom stereocenters. The first-order valence-electron chi connectivity index (χ1n) is 11.4. The second kappa shape index (κ2) is 11.2. The van der Waals surface area contributed by atoms with Gasteiger partial charge in [-0.05, 0) is 35.9 Å². The first-order chi connectivity index (χ1) is 17.8. The number of carbonyl (C=O) groups is 3. The topological polar surface area (TPSA) is 118 Å². The lowest BCUT2D eigenvalue weighted by Gasteiger charge is -2.18. The molecule has 37 heavy (non-hydrogen) atoms. The molecule has 0 saturated carbocycles. The van der Waals surface area contributed by atoms with Crippen molar-refractivity contribution in [2.24, 2.45) is 0 Å². The number of aromatic nitrogens is 1. The van der Waals surface area contributed by atoms with Gasteiger partial charge in [-0.3, -0.25) is 14.4 Å². The van der Waals surface area contributed by atoms with Gasteiger partial charge in [0, 0.05) is 24.9 Å². The molecule has 0 aliphatic carbocycles. The Morgan fingerprint density at radius 3 is 2.19 bits per heavy atom. The van der Waals surface area contributed by atoms with Crippen LogP contribution in [0.5, 0.6) is 17.2 Å². The Morgan fingerprint density at radius 2 is 1.54 bits per heavy atom. The number of ether oxygens (including phenoxy) is 2. The SMILES string of the molecule is CN(C)C(=O)c1nc(C(=O)NCC(=O)O)c(OCc2ccccc2)c2ccc(Oc3ccccc3)cc12. The molecule has 0 saturated heterocycles. The molecule has 2 N–H and O–H groups in total. The summed E-state index contributed by atoms with van der Waals surface area (Å²) in [6.45, 7) is -0.489. The summed E-state index contributed by atoms with van der Waals surface area (Å²) in [6.07, 6.45) is 0. The number of carbonyl (C=O) groups excluding carboxylic acids is 2. The van der Waals surface area contributed by atoms with E-state index in [0.29, 0.717) is 22.3 Å². The Labute approximate surface area is 213 Å². The van der Waals surface area contributed by atoms with E-state index in [9.17, 15) is 14.4 Å². The Bertz CT molecular complexity index is 1440. The number of nitrogens with zero attached hydrogens (tertiary/aromatic N) is 2. The summed E-state index contributed by atoms with van der Waals surface area (Å²) >= 11 is 0. The lowest BCUT2D eigenvalue weighted by Crippen LogP contribution is -2.31. The van der Waals surface area contributed by atoms with Crippen molar-refractivity contribution in [3.05, 3.63) is 95.8 Å². The average Bonchev–Trinajstić information content (AvgIpc) is 2.90. The summed E-state index contributed by atoms with van der Waals surface area (Å²) in [5, 5.41) is 12.2. The Balaban J connectivity index is 1.86. The third kappa shape index (κ3) is 6.02. The molecule has 0 aliphatic rings. The maximum absolute atomic E-state index is 13.1. The third-order valence-corrected chi connectivity index (χ3v) is 5.36. The zero-order chi connectivity index (χ0) is 26.4. The number of para-hydroxylation sites is 1. The predicted molar refractivity (Wildman–Crippen MR) is 137 cm³/mol. The highest BCUT2D eigenvalue weighted by atomic mass is 16.5. The van der Waals surface area contributed by atoms with Gasteiger partial charge in [-0.1, -0.05) is 48.5 Å². The largest absolute Gasteiger partial charge is 0.486 e. The van der Waals surface area contributed by atoms with E-state index in [4.69, 9.17) is 14.6 Å². The summed E-state index contributed by atoms with van der Waals surface area (Å²) in [7, 11) is 3.15. The van der Waals surface area contributed by atoms with Crippen LogP contribution in [0.15, 0.2) is 78.9 Å². The summed E-state index contributed by atoms with van der Waals surface area (Å²) in [6, 6.07) is 23.6. The number of fused-ring (bicyclic) bond motifs is 1. The van der Waals surface area contributed by atoms with E-state index < -0.39 is 24.3 Å². The van der Waals surface area contributed by atoms with Gasteiger partial charge >= 0.3 is 5.97 Å². The second-order valence-corrected chi connectivity index (χ2v) is 8.31. The monoisotopic (exact) mass is 499 g/mol. The maximum atomic E-state index is 13.1. The highest BCUT2D eigenvalue weighted by molar-refractivity contribution is 6.11. The summed E-state index contributed by atoms with van der Waals surface area (Å²) in [5.74, 6) is -1.23. The molecule has 1 heterocycles. The van der Waals surface area contributed by atoms with Crippen LogP contribution in [-0.4, -0.2) is 53.4 Å². The van der Waals surface area contributed by atoms with Gasteiger partial charge in [-0.15, -0.1) is 0 Å².